The number of anilines is 1. The molecule has 0 spiro atoms. The second-order valence-electron chi connectivity index (χ2n) is 5.95. The smallest absolute Gasteiger partial charge is 0.243 e. The molecule has 5 nitrogen and oxygen atoms in total. The number of hydrogen-bond donors (Lipinski definition) is 1. The van der Waals surface area contributed by atoms with Gasteiger partial charge in [0, 0.05) is 30.5 Å². The van der Waals surface area contributed by atoms with Gasteiger partial charge in [-0.05, 0) is 23.8 Å². The molecule has 0 saturated heterocycles. The lowest BCUT2D eigenvalue weighted by atomic mass is 10.1. The number of rotatable bonds is 5. The van der Waals surface area contributed by atoms with Crippen molar-refractivity contribution in [1.82, 2.24) is 5.01 Å². The molecule has 0 fully saturated rings. The third-order valence-electron chi connectivity index (χ3n) is 4.08. The minimum atomic E-state index is -0.223. The standard InChI is InChI=1S/C21H19N3O2/c1-2-16-7-6-10-18(15-16)22-20(25)11-12-21(26)24-14-13-19(23-24)17-8-4-3-5-9-17/h1,3-10,15H,11-14H2,(H,22,25). The lowest BCUT2D eigenvalue weighted by molar-refractivity contribution is -0.132. The van der Waals surface area contributed by atoms with Gasteiger partial charge < -0.3 is 5.32 Å². The van der Waals surface area contributed by atoms with Crippen LogP contribution >= 0.6 is 0 Å². The first kappa shape index (κ1) is 17.4. The Bertz CT molecular complexity index is 882. The molecule has 0 atom stereocenters. The third-order valence-corrected chi connectivity index (χ3v) is 4.08. The molecule has 1 N–H and O–H groups in total. The number of terminal acetylenes is 1. The molecule has 2 aromatic carbocycles. The first-order valence-electron chi connectivity index (χ1n) is 8.45. The van der Waals surface area contributed by atoms with Crippen LogP contribution in [-0.4, -0.2) is 29.1 Å². The van der Waals surface area contributed by atoms with Crippen LogP contribution in [0.3, 0.4) is 0 Å². The van der Waals surface area contributed by atoms with E-state index >= 15 is 0 Å². The van der Waals surface area contributed by atoms with Crippen LogP contribution in [0, 0.1) is 12.3 Å². The molecule has 0 aromatic heterocycles. The zero-order valence-electron chi connectivity index (χ0n) is 14.3. The number of carbonyl (C=O) groups excluding carboxylic acids is 2. The third kappa shape index (κ3) is 4.37. The molecule has 1 aliphatic rings. The number of hydrazone groups is 1. The summed E-state index contributed by atoms with van der Waals surface area (Å²) >= 11 is 0. The van der Waals surface area contributed by atoms with Crippen molar-refractivity contribution in [3.63, 3.8) is 0 Å². The van der Waals surface area contributed by atoms with E-state index in [-0.39, 0.29) is 24.7 Å². The SMILES string of the molecule is C#Cc1cccc(NC(=O)CCC(=O)N2CCC(c3ccccc3)=N2)c1. The molecule has 1 aliphatic heterocycles. The van der Waals surface area contributed by atoms with Crippen molar-refractivity contribution in [2.45, 2.75) is 19.3 Å². The topological polar surface area (TPSA) is 61.8 Å². The number of benzene rings is 2. The van der Waals surface area contributed by atoms with Gasteiger partial charge in [0.15, 0.2) is 0 Å². The summed E-state index contributed by atoms with van der Waals surface area (Å²) in [5.41, 5.74) is 3.24. The Labute approximate surface area is 152 Å². The van der Waals surface area contributed by atoms with E-state index in [4.69, 9.17) is 6.42 Å². The normalized spacial score (nSPS) is 13.0. The van der Waals surface area contributed by atoms with Crippen LogP contribution in [0.1, 0.15) is 30.4 Å². The van der Waals surface area contributed by atoms with Gasteiger partial charge >= 0.3 is 0 Å². The van der Waals surface area contributed by atoms with Crippen LogP contribution in [0.4, 0.5) is 5.69 Å². The molecule has 2 amide bonds. The fourth-order valence-corrected chi connectivity index (χ4v) is 2.73. The average molecular weight is 345 g/mol. The van der Waals surface area contributed by atoms with Crippen molar-refractivity contribution in [3.05, 3.63) is 65.7 Å². The van der Waals surface area contributed by atoms with E-state index in [1.165, 1.54) is 5.01 Å². The van der Waals surface area contributed by atoms with Gasteiger partial charge in [-0.15, -0.1) is 6.42 Å². The number of nitrogens with one attached hydrogen (secondary N) is 1. The highest BCUT2D eigenvalue weighted by Crippen LogP contribution is 2.15. The Balaban J connectivity index is 1.52. The van der Waals surface area contributed by atoms with Crippen molar-refractivity contribution >= 4 is 23.2 Å². The lowest BCUT2D eigenvalue weighted by Gasteiger charge is -2.11. The Morgan fingerprint density at radius 1 is 1.12 bits per heavy atom. The van der Waals surface area contributed by atoms with Crippen molar-refractivity contribution in [1.29, 1.82) is 0 Å². The summed E-state index contributed by atoms with van der Waals surface area (Å²) < 4.78 is 0. The van der Waals surface area contributed by atoms with Gasteiger partial charge in [-0.2, -0.15) is 5.10 Å². The number of amides is 2. The first-order chi connectivity index (χ1) is 12.7. The predicted octanol–water partition coefficient (Wildman–Crippen LogP) is 3.02. The van der Waals surface area contributed by atoms with Gasteiger partial charge in [0.2, 0.25) is 11.8 Å². The van der Waals surface area contributed by atoms with Crippen LogP contribution in [0.25, 0.3) is 0 Å². The van der Waals surface area contributed by atoms with Crippen LogP contribution in [-0.2, 0) is 9.59 Å². The van der Waals surface area contributed by atoms with E-state index in [1.807, 2.05) is 30.3 Å². The quantitative estimate of drug-likeness (QED) is 0.847. The highest BCUT2D eigenvalue weighted by Gasteiger charge is 2.21. The molecule has 0 radical (unpaired) electrons. The first-order valence-corrected chi connectivity index (χ1v) is 8.45. The largest absolute Gasteiger partial charge is 0.326 e. The van der Waals surface area contributed by atoms with E-state index in [1.54, 1.807) is 24.3 Å². The zero-order chi connectivity index (χ0) is 18.4. The molecule has 0 saturated carbocycles. The van der Waals surface area contributed by atoms with E-state index in [0.29, 0.717) is 17.8 Å². The van der Waals surface area contributed by atoms with Gasteiger partial charge in [0.1, 0.15) is 0 Å². The fourth-order valence-electron chi connectivity index (χ4n) is 2.73. The molecule has 3 rings (SSSR count). The number of nitrogens with zero attached hydrogens (tertiary/aromatic N) is 2. The minimum absolute atomic E-state index is 0.103. The average Bonchev–Trinajstić information content (AvgIpc) is 3.17. The van der Waals surface area contributed by atoms with Gasteiger partial charge in [-0.25, -0.2) is 5.01 Å². The van der Waals surface area contributed by atoms with E-state index in [2.05, 4.69) is 16.3 Å². The maximum Gasteiger partial charge on any atom is 0.243 e. The lowest BCUT2D eigenvalue weighted by Crippen LogP contribution is -2.25. The van der Waals surface area contributed by atoms with E-state index < -0.39 is 0 Å². The molecule has 0 aliphatic carbocycles. The monoisotopic (exact) mass is 345 g/mol. The molecule has 26 heavy (non-hydrogen) atoms. The molecule has 130 valence electrons. The summed E-state index contributed by atoms with van der Waals surface area (Å²) in [5, 5.41) is 8.60. The molecule has 0 bridgehead atoms. The second-order valence-corrected chi connectivity index (χ2v) is 5.95. The summed E-state index contributed by atoms with van der Waals surface area (Å²) in [6.07, 6.45) is 6.29. The molecular formula is C21H19N3O2. The van der Waals surface area contributed by atoms with E-state index in [9.17, 15) is 9.59 Å². The fraction of sp³-hybridized carbons (Fsp3) is 0.190. The Hall–Kier alpha value is -3.39. The van der Waals surface area contributed by atoms with Crippen LogP contribution in [0.2, 0.25) is 0 Å². The van der Waals surface area contributed by atoms with Crippen LogP contribution < -0.4 is 5.32 Å². The van der Waals surface area contributed by atoms with Crippen molar-refractivity contribution in [2.24, 2.45) is 5.10 Å². The molecule has 1 heterocycles. The highest BCUT2D eigenvalue weighted by atomic mass is 16.2. The Kier molecular flexibility index (Phi) is 5.45. The predicted molar refractivity (Wildman–Crippen MR) is 102 cm³/mol. The van der Waals surface area contributed by atoms with Crippen LogP contribution in [0.15, 0.2) is 59.7 Å². The highest BCUT2D eigenvalue weighted by molar-refractivity contribution is 6.02. The van der Waals surface area contributed by atoms with Crippen molar-refractivity contribution in [2.75, 3.05) is 11.9 Å². The van der Waals surface area contributed by atoms with Gasteiger partial charge in [0.05, 0.1) is 12.3 Å². The van der Waals surface area contributed by atoms with Crippen molar-refractivity contribution < 1.29 is 9.59 Å². The molecule has 2 aromatic rings. The van der Waals surface area contributed by atoms with Crippen LogP contribution in [0.5, 0.6) is 0 Å². The number of carbonyl (C=O) groups is 2. The molecular weight excluding hydrogens is 326 g/mol. The van der Waals surface area contributed by atoms with Gasteiger partial charge in [-0.3, -0.25) is 9.59 Å². The maximum absolute atomic E-state index is 12.3. The molecule has 0 unspecified atom stereocenters. The Morgan fingerprint density at radius 3 is 2.69 bits per heavy atom. The summed E-state index contributed by atoms with van der Waals surface area (Å²) in [6, 6.07) is 16.8. The maximum atomic E-state index is 12.3. The molecule has 5 heteroatoms. The van der Waals surface area contributed by atoms with E-state index in [0.717, 1.165) is 17.7 Å². The second kappa shape index (κ2) is 8.13. The summed E-state index contributed by atoms with van der Waals surface area (Å²) in [4.78, 5) is 24.3. The minimum Gasteiger partial charge on any atom is -0.326 e. The number of hydrogen-bond acceptors (Lipinski definition) is 3. The summed E-state index contributed by atoms with van der Waals surface area (Å²) in [7, 11) is 0. The van der Waals surface area contributed by atoms with Gasteiger partial charge in [-0.1, -0.05) is 42.3 Å². The zero-order valence-corrected chi connectivity index (χ0v) is 14.3. The summed E-state index contributed by atoms with van der Waals surface area (Å²) in [6.45, 7) is 0.550. The summed E-state index contributed by atoms with van der Waals surface area (Å²) in [5.74, 6) is 2.15. The van der Waals surface area contributed by atoms with Crippen molar-refractivity contribution in [3.8, 4) is 12.3 Å². The van der Waals surface area contributed by atoms with Gasteiger partial charge in [0.25, 0.3) is 0 Å². The Morgan fingerprint density at radius 2 is 1.92 bits per heavy atom.